The fourth-order valence-corrected chi connectivity index (χ4v) is 3.87. The molecule has 18 heavy (non-hydrogen) atoms. The van der Waals surface area contributed by atoms with Crippen LogP contribution >= 0.6 is 0 Å². The van der Waals surface area contributed by atoms with E-state index in [2.05, 4.69) is 4.74 Å². The smallest absolute Gasteiger partial charge is 0.393 e. The molecule has 2 nitrogen and oxygen atoms in total. The quantitative estimate of drug-likeness (QED) is 0.688. The van der Waals surface area contributed by atoms with E-state index < -0.39 is 42.0 Å². The molecule has 3 unspecified atom stereocenters. The Labute approximate surface area is 97.9 Å². The highest BCUT2D eigenvalue weighted by Gasteiger charge is 2.86. The Morgan fingerprint density at radius 2 is 1.56 bits per heavy atom. The van der Waals surface area contributed by atoms with E-state index in [-0.39, 0.29) is 18.8 Å². The largest absolute Gasteiger partial charge is 0.426 e. The molecule has 1 saturated heterocycles. The molecule has 0 aromatic carbocycles. The van der Waals surface area contributed by atoms with Crippen molar-refractivity contribution in [3.63, 3.8) is 0 Å². The van der Waals surface area contributed by atoms with Gasteiger partial charge in [-0.05, 0) is 24.7 Å². The van der Waals surface area contributed by atoms with Crippen LogP contribution in [0.4, 0.5) is 26.3 Å². The van der Waals surface area contributed by atoms with Gasteiger partial charge in [0.1, 0.15) is 0 Å². The lowest BCUT2D eigenvalue weighted by molar-refractivity contribution is -0.473. The van der Waals surface area contributed by atoms with Crippen LogP contribution in [-0.2, 0) is 4.74 Å². The van der Waals surface area contributed by atoms with Crippen molar-refractivity contribution in [3.8, 4) is 0 Å². The molecule has 0 radical (unpaired) electrons. The second-order valence-electron chi connectivity index (χ2n) is 5.30. The van der Waals surface area contributed by atoms with Gasteiger partial charge in [0.05, 0.1) is 12.2 Å². The highest BCUT2D eigenvalue weighted by molar-refractivity contribution is 5.20. The van der Waals surface area contributed by atoms with Crippen molar-refractivity contribution in [1.82, 2.24) is 0 Å². The van der Waals surface area contributed by atoms with Crippen LogP contribution in [0.25, 0.3) is 0 Å². The summed E-state index contributed by atoms with van der Waals surface area (Å²) in [4.78, 5) is 0. The van der Waals surface area contributed by atoms with Gasteiger partial charge in [0.25, 0.3) is 5.60 Å². The first-order chi connectivity index (χ1) is 8.09. The summed E-state index contributed by atoms with van der Waals surface area (Å²) in [6.45, 7) is 0. The number of ether oxygens (including phenoxy) is 1. The fraction of sp³-hybridized carbons (Fsp3) is 1.00. The third-order valence-corrected chi connectivity index (χ3v) is 4.53. The SMILES string of the molecule is OC1C[C@H]2C[C@@H]1C1C2OC1(C(F)(F)F)C(F)(F)F. The summed E-state index contributed by atoms with van der Waals surface area (Å²) in [6.07, 6.45) is -12.7. The summed E-state index contributed by atoms with van der Waals surface area (Å²) in [7, 11) is 0. The Hall–Kier alpha value is -0.500. The lowest BCUT2D eigenvalue weighted by Gasteiger charge is -2.57. The van der Waals surface area contributed by atoms with Gasteiger partial charge in [-0.2, -0.15) is 26.3 Å². The maximum atomic E-state index is 12.8. The topological polar surface area (TPSA) is 29.5 Å². The molecule has 3 rings (SSSR count). The molecule has 3 aliphatic rings. The van der Waals surface area contributed by atoms with Crippen molar-refractivity contribution in [2.75, 3.05) is 0 Å². The van der Waals surface area contributed by atoms with Crippen LogP contribution in [0.2, 0.25) is 0 Å². The summed E-state index contributed by atoms with van der Waals surface area (Å²) < 4.78 is 81.2. The van der Waals surface area contributed by atoms with Crippen LogP contribution in [-0.4, -0.2) is 35.3 Å². The van der Waals surface area contributed by atoms with Crippen LogP contribution in [0.3, 0.4) is 0 Å². The van der Waals surface area contributed by atoms with E-state index in [0.717, 1.165) is 0 Å². The zero-order valence-electron chi connectivity index (χ0n) is 8.92. The van der Waals surface area contributed by atoms with Crippen LogP contribution in [0.15, 0.2) is 0 Å². The predicted molar refractivity (Wildman–Crippen MR) is 45.4 cm³/mol. The molecular weight excluding hydrogens is 266 g/mol. The summed E-state index contributed by atoms with van der Waals surface area (Å²) in [6, 6.07) is 0. The van der Waals surface area contributed by atoms with E-state index in [1.54, 1.807) is 0 Å². The minimum Gasteiger partial charge on any atom is -0.393 e. The van der Waals surface area contributed by atoms with Crippen molar-refractivity contribution in [1.29, 1.82) is 0 Å². The van der Waals surface area contributed by atoms with Gasteiger partial charge in [0, 0.05) is 5.92 Å². The number of alkyl halides is 6. The molecule has 3 fully saturated rings. The first-order valence-electron chi connectivity index (χ1n) is 5.59. The zero-order chi connectivity index (χ0) is 13.5. The third kappa shape index (κ3) is 1.18. The first-order valence-corrected chi connectivity index (χ1v) is 5.59. The minimum atomic E-state index is -5.50. The Morgan fingerprint density at radius 1 is 1.00 bits per heavy atom. The number of aliphatic hydroxyl groups is 1. The minimum absolute atomic E-state index is 0.185. The van der Waals surface area contributed by atoms with Gasteiger partial charge in [-0.25, -0.2) is 0 Å². The molecule has 0 aromatic rings. The van der Waals surface area contributed by atoms with Crippen molar-refractivity contribution in [2.45, 2.75) is 43.0 Å². The van der Waals surface area contributed by atoms with Crippen LogP contribution in [0.5, 0.6) is 0 Å². The van der Waals surface area contributed by atoms with E-state index in [1.165, 1.54) is 0 Å². The highest BCUT2D eigenvalue weighted by Crippen LogP contribution is 2.69. The number of aliphatic hydroxyl groups excluding tert-OH is 1. The second kappa shape index (κ2) is 3.15. The maximum Gasteiger partial charge on any atom is 0.426 e. The molecule has 1 N–H and O–H groups in total. The molecule has 0 aromatic heterocycles. The number of halogens is 6. The molecule has 8 heteroatoms. The fourth-order valence-electron chi connectivity index (χ4n) is 3.87. The van der Waals surface area contributed by atoms with E-state index in [4.69, 9.17) is 0 Å². The summed E-state index contributed by atoms with van der Waals surface area (Å²) in [5.74, 6) is -3.03. The second-order valence-corrected chi connectivity index (χ2v) is 5.30. The molecule has 0 amide bonds. The summed E-state index contributed by atoms with van der Waals surface area (Å²) in [5, 5.41) is 9.51. The molecular formula is C10H10F6O2. The van der Waals surface area contributed by atoms with E-state index >= 15 is 0 Å². The molecule has 2 saturated carbocycles. The van der Waals surface area contributed by atoms with Gasteiger partial charge in [-0.15, -0.1) is 0 Å². The van der Waals surface area contributed by atoms with Crippen LogP contribution in [0.1, 0.15) is 12.8 Å². The van der Waals surface area contributed by atoms with Crippen molar-refractivity contribution < 1.29 is 36.2 Å². The average molecular weight is 276 g/mol. The first kappa shape index (κ1) is 12.5. The molecule has 0 spiro atoms. The number of hydrogen-bond acceptors (Lipinski definition) is 2. The molecule has 5 atom stereocenters. The Bertz CT molecular complexity index is 362. The van der Waals surface area contributed by atoms with Gasteiger partial charge in [0.15, 0.2) is 0 Å². The van der Waals surface area contributed by atoms with E-state index in [1.807, 2.05) is 0 Å². The third-order valence-electron chi connectivity index (χ3n) is 4.53. The standard InChI is InChI=1S/C10H10F6O2/c11-9(12,13)8(10(14,15)16)6-4-1-3(2-5(4)17)7(6)18-8/h3-7,17H,1-2H2/t3-,4+,5?,6?,7?/m1/s1. The van der Waals surface area contributed by atoms with Gasteiger partial charge in [-0.3, -0.25) is 0 Å². The number of hydrogen-bond donors (Lipinski definition) is 1. The molecule has 1 heterocycles. The number of rotatable bonds is 0. The van der Waals surface area contributed by atoms with E-state index in [9.17, 15) is 31.4 Å². The monoisotopic (exact) mass is 276 g/mol. The molecule has 1 aliphatic heterocycles. The zero-order valence-corrected chi connectivity index (χ0v) is 8.92. The maximum absolute atomic E-state index is 12.8. The van der Waals surface area contributed by atoms with Crippen LogP contribution < -0.4 is 0 Å². The molecule has 2 aliphatic carbocycles. The lowest BCUT2D eigenvalue weighted by Crippen LogP contribution is -2.76. The predicted octanol–water partition coefficient (Wildman–Crippen LogP) is 2.27. The Balaban J connectivity index is 2.01. The van der Waals surface area contributed by atoms with Crippen molar-refractivity contribution in [2.24, 2.45) is 17.8 Å². The molecule has 2 bridgehead atoms. The number of fused-ring (bicyclic) bond motifs is 5. The van der Waals surface area contributed by atoms with Crippen molar-refractivity contribution in [3.05, 3.63) is 0 Å². The summed E-state index contributed by atoms with van der Waals surface area (Å²) >= 11 is 0. The van der Waals surface area contributed by atoms with Crippen LogP contribution in [0, 0.1) is 17.8 Å². The molecule has 104 valence electrons. The Kier molecular flexibility index (Phi) is 2.19. The average Bonchev–Trinajstić information content (AvgIpc) is 2.51. The lowest BCUT2D eigenvalue weighted by atomic mass is 9.67. The van der Waals surface area contributed by atoms with E-state index in [0.29, 0.717) is 0 Å². The van der Waals surface area contributed by atoms with Gasteiger partial charge < -0.3 is 9.84 Å². The normalized spacial score (nSPS) is 45.8. The van der Waals surface area contributed by atoms with Gasteiger partial charge >= 0.3 is 12.4 Å². The van der Waals surface area contributed by atoms with Gasteiger partial charge in [0.2, 0.25) is 0 Å². The van der Waals surface area contributed by atoms with Gasteiger partial charge in [-0.1, -0.05) is 0 Å². The van der Waals surface area contributed by atoms with Crippen molar-refractivity contribution >= 4 is 0 Å². The Morgan fingerprint density at radius 3 is 2.06 bits per heavy atom. The summed E-state index contributed by atoms with van der Waals surface area (Å²) in [5.41, 5.74) is -4.08. The highest BCUT2D eigenvalue weighted by atomic mass is 19.4.